The molecule has 1 aliphatic rings. The Balaban J connectivity index is 1.78. The van der Waals surface area contributed by atoms with Gasteiger partial charge >= 0.3 is 0 Å². The van der Waals surface area contributed by atoms with Crippen LogP contribution in [0.15, 0.2) is 34.8 Å². The molecule has 1 aromatic heterocycles. The van der Waals surface area contributed by atoms with E-state index in [1.807, 2.05) is 37.3 Å². The second-order valence-electron chi connectivity index (χ2n) is 5.57. The van der Waals surface area contributed by atoms with Crippen LogP contribution in [0.2, 0.25) is 0 Å². The minimum atomic E-state index is -2.92. The monoisotopic (exact) mass is 396 g/mol. The summed E-state index contributed by atoms with van der Waals surface area (Å²) in [7, 11) is -2.92. The van der Waals surface area contributed by atoms with E-state index in [0.717, 1.165) is 15.9 Å². The van der Waals surface area contributed by atoms with Crippen LogP contribution in [0.5, 0.6) is 0 Å². The quantitative estimate of drug-likeness (QED) is 0.826. The van der Waals surface area contributed by atoms with E-state index in [0.29, 0.717) is 18.2 Å². The molecule has 0 radical (unpaired) electrons. The number of para-hydroxylation sites is 1. The number of halogens is 1. The van der Waals surface area contributed by atoms with Gasteiger partial charge in [-0.15, -0.1) is 0 Å². The maximum atomic E-state index is 11.6. The van der Waals surface area contributed by atoms with Gasteiger partial charge in [0.1, 0.15) is 5.82 Å². The van der Waals surface area contributed by atoms with E-state index in [1.54, 1.807) is 0 Å². The van der Waals surface area contributed by atoms with Crippen molar-refractivity contribution in [2.45, 2.75) is 19.4 Å². The molecule has 1 atom stereocenters. The SMILES string of the molecule is Cc1cc(NC2CCS(=O)(=O)C2)nc(Nc2ccccc2Br)n1. The largest absolute Gasteiger partial charge is 0.366 e. The summed E-state index contributed by atoms with van der Waals surface area (Å²) >= 11 is 3.47. The topological polar surface area (TPSA) is 84.0 Å². The van der Waals surface area contributed by atoms with Crippen LogP contribution in [0, 0.1) is 6.92 Å². The zero-order valence-electron chi connectivity index (χ0n) is 12.6. The Hall–Kier alpha value is -1.67. The van der Waals surface area contributed by atoms with Crippen molar-refractivity contribution >= 4 is 43.2 Å². The fraction of sp³-hybridized carbons (Fsp3) is 0.333. The molecule has 2 heterocycles. The van der Waals surface area contributed by atoms with Crippen LogP contribution in [0.1, 0.15) is 12.1 Å². The van der Waals surface area contributed by atoms with E-state index in [-0.39, 0.29) is 17.5 Å². The Morgan fingerprint density at radius 3 is 2.74 bits per heavy atom. The van der Waals surface area contributed by atoms with Gasteiger partial charge in [-0.25, -0.2) is 13.4 Å². The number of hydrogen-bond acceptors (Lipinski definition) is 6. The van der Waals surface area contributed by atoms with Crippen LogP contribution in [0.25, 0.3) is 0 Å². The second kappa shape index (κ2) is 6.45. The van der Waals surface area contributed by atoms with E-state index in [2.05, 4.69) is 36.5 Å². The number of aromatic nitrogens is 2. The van der Waals surface area contributed by atoms with Crippen LogP contribution in [0.3, 0.4) is 0 Å². The molecule has 0 amide bonds. The van der Waals surface area contributed by atoms with Gasteiger partial charge in [-0.1, -0.05) is 12.1 Å². The number of hydrogen-bond donors (Lipinski definition) is 2. The number of nitrogens with zero attached hydrogens (tertiary/aromatic N) is 2. The average molecular weight is 397 g/mol. The van der Waals surface area contributed by atoms with Crippen LogP contribution in [-0.2, 0) is 9.84 Å². The van der Waals surface area contributed by atoms with Crippen molar-refractivity contribution in [1.29, 1.82) is 0 Å². The smallest absolute Gasteiger partial charge is 0.229 e. The predicted molar refractivity (Wildman–Crippen MR) is 94.9 cm³/mol. The van der Waals surface area contributed by atoms with Gasteiger partial charge < -0.3 is 10.6 Å². The van der Waals surface area contributed by atoms with Crippen LogP contribution >= 0.6 is 15.9 Å². The van der Waals surface area contributed by atoms with Crippen molar-refractivity contribution in [1.82, 2.24) is 9.97 Å². The van der Waals surface area contributed by atoms with E-state index in [9.17, 15) is 8.42 Å². The third-order valence-corrected chi connectivity index (χ3v) is 6.02. The number of nitrogens with one attached hydrogen (secondary N) is 2. The summed E-state index contributed by atoms with van der Waals surface area (Å²) in [6.07, 6.45) is 0.610. The fourth-order valence-electron chi connectivity index (χ4n) is 2.50. The normalized spacial score (nSPS) is 19.5. The van der Waals surface area contributed by atoms with E-state index in [1.165, 1.54) is 0 Å². The van der Waals surface area contributed by atoms with Gasteiger partial charge in [0.05, 0.1) is 17.2 Å². The first-order chi connectivity index (χ1) is 10.9. The molecule has 8 heteroatoms. The predicted octanol–water partition coefficient (Wildman–Crippen LogP) is 2.89. The molecular weight excluding hydrogens is 380 g/mol. The highest BCUT2D eigenvalue weighted by molar-refractivity contribution is 9.10. The van der Waals surface area contributed by atoms with Gasteiger partial charge in [0.25, 0.3) is 0 Å². The first-order valence-corrected chi connectivity index (χ1v) is 9.87. The third-order valence-electron chi connectivity index (χ3n) is 3.56. The maximum Gasteiger partial charge on any atom is 0.229 e. The first kappa shape index (κ1) is 16.2. The minimum absolute atomic E-state index is 0.0920. The van der Waals surface area contributed by atoms with Crippen molar-refractivity contribution < 1.29 is 8.42 Å². The molecule has 1 unspecified atom stereocenters. The Morgan fingerprint density at radius 1 is 1.26 bits per heavy atom. The molecule has 122 valence electrons. The van der Waals surface area contributed by atoms with Gasteiger partial charge in [0, 0.05) is 22.3 Å². The average Bonchev–Trinajstić information content (AvgIpc) is 2.80. The molecule has 6 nitrogen and oxygen atoms in total. The van der Waals surface area contributed by atoms with Crippen molar-refractivity contribution in [2.75, 3.05) is 22.1 Å². The van der Waals surface area contributed by atoms with Gasteiger partial charge in [0.15, 0.2) is 9.84 Å². The zero-order chi connectivity index (χ0) is 16.4. The summed E-state index contributed by atoms with van der Waals surface area (Å²) in [6, 6.07) is 9.43. The highest BCUT2D eigenvalue weighted by Gasteiger charge is 2.28. The molecule has 2 aromatic rings. The Bertz CT molecular complexity index is 826. The third kappa shape index (κ3) is 4.20. The molecule has 23 heavy (non-hydrogen) atoms. The number of aryl methyl sites for hydroxylation is 1. The lowest BCUT2D eigenvalue weighted by Gasteiger charge is -2.14. The summed E-state index contributed by atoms with van der Waals surface area (Å²) in [5, 5.41) is 6.36. The Labute approximate surface area is 143 Å². The van der Waals surface area contributed by atoms with Gasteiger partial charge in [-0.05, 0) is 41.4 Å². The van der Waals surface area contributed by atoms with E-state index < -0.39 is 9.84 Å². The van der Waals surface area contributed by atoms with Crippen LogP contribution < -0.4 is 10.6 Å². The van der Waals surface area contributed by atoms with Gasteiger partial charge in [0.2, 0.25) is 5.95 Å². The van der Waals surface area contributed by atoms with E-state index >= 15 is 0 Å². The molecule has 0 spiro atoms. The molecule has 2 N–H and O–H groups in total. The van der Waals surface area contributed by atoms with Crippen molar-refractivity contribution in [3.05, 3.63) is 40.5 Å². The van der Waals surface area contributed by atoms with Crippen molar-refractivity contribution in [3.8, 4) is 0 Å². The summed E-state index contributed by atoms with van der Waals surface area (Å²) in [6.45, 7) is 1.88. The van der Waals surface area contributed by atoms with Crippen molar-refractivity contribution in [2.24, 2.45) is 0 Å². The van der Waals surface area contributed by atoms with Gasteiger partial charge in [-0.3, -0.25) is 0 Å². The summed E-state index contributed by atoms with van der Waals surface area (Å²) in [5.74, 6) is 1.49. The second-order valence-corrected chi connectivity index (χ2v) is 8.65. The molecule has 0 bridgehead atoms. The number of anilines is 3. The highest BCUT2D eigenvalue weighted by Crippen LogP contribution is 2.25. The van der Waals surface area contributed by atoms with Crippen LogP contribution in [-0.4, -0.2) is 35.9 Å². The first-order valence-electron chi connectivity index (χ1n) is 7.25. The lowest BCUT2D eigenvalue weighted by Crippen LogP contribution is -2.21. The molecule has 0 aliphatic carbocycles. The number of sulfone groups is 1. The number of benzene rings is 1. The molecule has 3 rings (SSSR count). The van der Waals surface area contributed by atoms with Crippen molar-refractivity contribution in [3.63, 3.8) is 0 Å². The Kier molecular flexibility index (Phi) is 4.54. The lowest BCUT2D eigenvalue weighted by molar-refractivity contribution is 0.602. The number of rotatable bonds is 4. The highest BCUT2D eigenvalue weighted by atomic mass is 79.9. The van der Waals surface area contributed by atoms with E-state index in [4.69, 9.17) is 0 Å². The molecule has 1 aromatic carbocycles. The standard InChI is InChI=1S/C15H17BrN4O2S/c1-10-8-14(18-11-6-7-23(21,22)9-11)20-15(17-10)19-13-5-3-2-4-12(13)16/h2-5,8,11H,6-7,9H2,1H3,(H2,17,18,19,20). The molecule has 1 saturated heterocycles. The van der Waals surface area contributed by atoms with Gasteiger partial charge in [-0.2, -0.15) is 4.98 Å². The minimum Gasteiger partial charge on any atom is -0.366 e. The fourth-order valence-corrected chi connectivity index (χ4v) is 4.56. The Morgan fingerprint density at radius 2 is 2.04 bits per heavy atom. The molecule has 1 fully saturated rings. The molecule has 1 aliphatic heterocycles. The maximum absolute atomic E-state index is 11.6. The summed E-state index contributed by atoms with van der Waals surface area (Å²) in [4.78, 5) is 8.80. The summed E-state index contributed by atoms with van der Waals surface area (Å²) < 4.78 is 24.0. The zero-order valence-corrected chi connectivity index (χ0v) is 15.0. The molecular formula is C15H17BrN4O2S. The lowest BCUT2D eigenvalue weighted by atomic mass is 10.2. The van der Waals surface area contributed by atoms with Crippen LogP contribution in [0.4, 0.5) is 17.5 Å². The summed E-state index contributed by atoms with van der Waals surface area (Å²) in [5.41, 5.74) is 1.67. The molecule has 0 saturated carbocycles.